The molecular weight excluding hydrogens is 256 g/mol. The summed E-state index contributed by atoms with van der Waals surface area (Å²) in [5.74, 6) is -2.00. The van der Waals surface area contributed by atoms with Gasteiger partial charge in [-0.2, -0.15) is 0 Å². The van der Waals surface area contributed by atoms with Gasteiger partial charge in [0.2, 0.25) is 11.8 Å². The van der Waals surface area contributed by atoms with Crippen LogP contribution in [0, 0.1) is 0 Å². The van der Waals surface area contributed by atoms with Crippen molar-refractivity contribution in [3.8, 4) is 0 Å². The zero-order chi connectivity index (χ0) is 13.7. The Morgan fingerprint density at radius 2 is 1.83 bits per heavy atom. The van der Waals surface area contributed by atoms with E-state index in [2.05, 4.69) is 10.6 Å². The van der Waals surface area contributed by atoms with Crippen LogP contribution < -0.4 is 22.1 Å². The second kappa shape index (κ2) is 6.01. The van der Waals surface area contributed by atoms with Crippen molar-refractivity contribution >= 4 is 29.2 Å². The first-order valence-electron chi connectivity index (χ1n) is 5.11. The van der Waals surface area contributed by atoms with Crippen LogP contribution in [0.5, 0.6) is 0 Å². The Kier molecular flexibility index (Phi) is 4.67. The fraction of sp³-hybridized carbons (Fsp3) is 0.300. The van der Waals surface area contributed by atoms with Crippen LogP contribution in [0.3, 0.4) is 0 Å². The van der Waals surface area contributed by atoms with Crippen LogP contribution in [-0.2, 0) is 9.59 Å². The van der Waals surface area contributed by atoms with Crippen LogP contribution in [0.25, 0.3) is 0 Å². The highest BCUT2D eigenvalue weighted by Crippen LogP contribution is 2.17. The summed E-state index contributed by atoms with van der Waals surface area (Å²) in [7, 11) is 0. The lowest BCUT2D eigenvalue weighted by Crippen LogP contribution is -2.55. The summed E-state index contributed by atoms with van der Waals surface area (Å²) in [5, 5.41) is 6.56. The number of urea groups is 1. The van der Waals surface area contributed by atoms with Gasteiger partial charge in [-0.15, -0.1) is 11.3 Å². The number of amides is 4. The van der Waals surface area contributed by atoms with Gasteiger partial charge in [0.15, 0.2) is 6.04 Å². The quantitative estimate of drug-likeness (QED) is 0.536. The van der Waals surface area contributed by atoms with E-state index in [4.69, 9.17) is 11.5 Å². The highest BCUT2D eigenvalue weighted by atomic mass is 32.1. The molecule has 0 saturated heterocycles. The Hall–Kier alpha value is -2.09. The molecule has 1 heterocycles. The summed E-state index contributed by atoms with van der Waals surface area (Å²) in [6, 6.07) is 1.27. The van der Waals surface area contributed by atoms with Crippen molar-refractivity contribution in [1.29, 1.82) is 0 Å². The van der Waals surface area contributed by atoms with Gasteiger partial charge in [-0.25, -0.2) is 4.79 Å². The predicted octanol–water partition coefficient (Wildman–Crippen LogP) is -0.552. The Balaban J connectivity index is 2.56. The van der Waals surface area contributed by atoms with Gasteiger partial charge in [0, 0.05) is 4.88 Å². The van der Waals surface area contributed by atoms with Gasteiger partial charge in [-0.1, -0.05) is 6.07 Å². The molecule has 0 aromatic carbocycles. The maximum atomic E-state index is 11.5. The summed E-state index contributed by atoms with van der Waals surface area (Å²) in [6.45, 7) is 1.77. The lowest BCUT2D eigenvalue weighted by Gasteiger charge is -2.16. The number of carbonyl (C=O) groups excluding carboxylic acids is 3. The Bertz CT molecular complexity index is 432. The largest absolute Gasteiger partial charge is 0.367 e. The summed E-state index contributed by atoms with van der Waals surface area (Å²) < 4.78 is 0. The maximum absolute atomic E-state index is 11.5. The summed E-state index contributed by atoms with van der Waals surface area (Å²) >= 11 is 1.48. The fourth-order valence-electron chi connectivity index (χ4n) is 1.26. The normalized spacial score (nSPS) is 11.9. The van der Waals surface area contributed by atoms with Crippen LogP contribution in [0.1, 0.15) is 17.8 Å². The van der Waals surface area contributed by atoms with Gasteiger partial charge in [-0.3, -0.25) is 9.59 Å². The van der Waals surface area contributed by atoms with E-state index in [1.807, 2.05) is 17.5 Å². The summed E-state index contributed by atoms with van der Waals surface area (Å²) in [4.78, 5) is 34.2. The number of rotatable bonds is 5. The smallest absolute Gasteiger partial charge is 0.316 e. The number of thiophene rings is 1. The van der Waals surface area contributed by atoms with E-state index in [9.17, 15) is 14.4 Å². The van der Waals surface area contributed by atoms with Crippen molar-refractivity contribution in [2.75, 3.05) is 0 Å². The van der Waals surface area contributed by atoms with E-state index in [1.54, 1.807) is 6.92 Å². The molecule has 1 rings (SSSR count). The minimum Gasteiger partial charge on any atom is -0.367 e. The molecule has 0 bridgehead atoms. The van der Waals surface area contributed by atoms with Crippen LogP contribution in [0.15, 0.2) is 17.5 Å². The van der Waals surface area contributed by atoms with Gasteiger partial charge < -0.3 is 22.1 Å². The molecule has 0 aliphatic rings. The minimum absolute atomic E-state index is 0.244. The summed E-state index contributed by atoms with van der Waals surface area (Å²) in [5.41, 5.74) is 9.86. The molecule has 1 aromatic rings. The average Bonchev–Trinajstić information content (AvgIpc) is 2.78. The van der Waals surface area contributed by atoms with Gasteiger partial charge in [0.1, 0.15) is 0 Å². The molecule has 98 valence electrons. The number of hydrogen-bond acceptors (Lipinski definition) is 4. The van der Waals surface area contributed by atoms with Crippen LogP contribution in [0.4, 0.5) is 4.79 Å². The highest BCUT2D eigenvalue weighted by molar-refractivity contribution is 7.10. The lowest BCUT2D eigenvalue weighted by molar-refractivity contribution is -0.128. The Labute approximate surface area is 108 Å². The van der Waals surface area contributed by atoms with E-state index >= 15 is 0 Å². The van der Waals surface area contributed by atoms with Crippen LogP contribution in [0.2, 0.25) is 0 Å². The molecule has 0 aliphatic carbocycles. The average molecular weight is 270 g/mol. The number of carbonyl (C=O) groups is 3. The Morgan fingerprint density at radius 1 is 1.22 bits per heavy atom. The number of primary amides is 2. The third-order valence-corrected chi connectivity index (χ3v) is 3.22. The van der Waals surface area contributed by atoms with Crippen LogP contribution >= 0.6 is 11.3 Å². The van der Waals surface area contributed by atoms with Gasteiger partial charge in [-0.05, 0) is 18.4 Å². The van der Waals surface area contributed by atoms with Gasteiger partial charge >= 0.3 is 6.03 Å². The first-order chi connectivity index (χ1) is 8.41. The fourth-order valence-corrected chi connectivity index (χ4v) is 2.00. The molecule has 8 heteroatoms. The molecule has 0 fully saturated rings. The molecule has 18 heavy (non-hydrogen) atoms. The maximum Gasteiger partial charge on any atom is 0.316 e. The van der Waals surface area contributed by atoms with E-state index in [0.717, 1.165) is 4.88 Å². The standard InChI is InChI=1S/C10H14N4O3S/c1-5(6-3-2-4-18-6)13-10(17)14-7(8(11)15)9(12)16/h2-5,7H,1H3,(H2,11,15)(H2,12,16)(H2,13,14,17)/t5-/m0/s1. The molecule has 6 N–H and O–H groups in total. The molecule has 4 amide bonds. The van der Waals surface area contributed by atoms with E-state index in [0.29, 0.717) is 0 Å². The van der Waals surface area contributed by atoms with Crippen molar-refractivity contribution in [2.24, 2.45) is 11.5 Å². The SMILES string of the molecule is C[C@H](NC(=O)NC(C(N)=O)C(N)=O)c1cccs1. The lowest BCUT2D eigenvalue weighted by atomic mass is 10.2. The second-order valence-electron chi connectivity index (χ2n) is 3.59. The molecule has 0 radical (unpaired) electrons. The molecule has 7 nitrogen and oxygen atoms in total. The topological polar surface area (TPSA) is 127 Å². The van der Waals surface area contributed by atoms with Crippen molar-refractivity contribution in [1.82, 2.24) is 10.6 Å². The van der Waals surface area contributed by atoms with Crippen molar-refractivity contribution in [3.63, 3.8) is 0 Å². The molecule has 0 spiro atoms. The zero-order valence-electron chi connectivity index (χ0n) is 9.67. The molecule has 0 saturated carbocycles. The van der Waals surface area contributed by atoms with E-state index in [1.165, 1.54) is 11.3 Å². The highest BCUT2D eigenvalue weighted by Gasteiger charge is 2.24. The molecule has 0 unspecified atom stereocenters. The molecule has 0 aliphatic heterocycles. The van der Waals surface area contributed by atoms with Crippen LogP contribution in [-0.4, -0.2) is 23.9 Å². The third-order valence-electron chi connectivity index (χ3n) is 2.16. The molecule has 1 aromatic heterocycles. The monoisotopic (exact) mass is 270 g/mol. The molecule has 1 atom stereocenters. The first kappa shape index (κ1) is 14.0. The predicted molar refractivity (Wildman–Crippen MR) is 66.6 cm³/mol. The van der Waals surface area contributed by atoms with Crippen molar-refractivity contribution in [3.05, 3.63) is 22.4 Å². The van der Waals surface area contributed by atoms with Gasteiger partial charge in [0.25, 0.3) is 0 Å². The number of nitrogens with one attached hydrogen (secondary N) is 2. The minimum atomic E-state index is -1.51. The van der Waals surface area contributed by atoms with E-state index in [-0.39, 0.29) is 6.04 Å². The first-order valence-corrected chi connectivity index (χ1v) is 5.99. The second-order valence-corrected chi connectivity index (χ2v) is 4.57. The third kappa shape index (κ3) is 3.74. The summed E-state index contributed by atoms with van der Waals surface area (Å²) in [6.07, 6.45) is 0. The Morgan fingerprint density at radius 3 is 2.28 bits per heavy atom. The zero-order valence-corrected chi connectivity index (χ0v) is 10.5. The number of nitrogens with two attached hydrogens (primary N) is 2. The van der Waals surface area contributed by atoms with Crippen molar-refractivity contribution < 1.29 is 14.4 Å². The van der Waals surface area contributed by atoms with E-state index < -0.39 is 23.9 Å². The van der Waals surface area contributed by atoms with Gasteiger partial charge in [0.05, 0.1) is 6.04 Å². The number of hydrogen-bond donors (Lipinski definition) is 4. The van der Waals surface area contributed by atoms with Crippen molar-refractivity contribution in [2.45, 2.75) is 19.0 Å². The molecular formula is C10H14N4O3S.